The minimum absolute atomic E-state index is 0.0657. The van der Waals surface area contributed by atoms with Gasteiger partial charge in [-0.2, -0.15) is 0 Å². The third-order valence-electron chi connectivity index (χ3n) is 4.71. The van der Waals surface area contributed by atoms with E-state index < -0.39 is 0 Å². The summed E-state index contributed by atoms with van der Waals surface area (Å²) in [6.45, 7) is 3.69. The predicted octanol–water partition coefficient (Wildman–Crippen LogP) is 2.86. The van der Waals surface area contributed by atoms with Gasteiger partial charge in [-0.3, -0.25) is 14.4 Å². The van der Waals surface area contributed by atoms with Crippen LogP contribution in [0.15, 0.2) is 24.3 Å². The highest BCUT2D eigenvalue weighted by atomic mass is 16.2. The zero-order valence-corrected chi connectivity index (χ0v) is 15.3. The van der Waals surface area contributed by atoms with Gasteiger partial charge in [-0.05, 0) is 44.4 Å². The topological polar surface area (TPSA) is 82.3 Å². The summed E-state index contributed by atoms with van der Waals surface area (Å²) in [5, 5.41) is 2.78. The minimum atomic E-state index is -0.288. The molecule has 136 valence electrons. The number of anilines is 1. The molecule has 2 amide bonds. The lowest BCUT2D eigenvalue weighted by Crippen LogP contribution is -2.35. The summed E-state index contributed by atoms with van der Waals surface area (Å²) >= 11 is 0. The second kappa shape index (κ2) is 7.15. The number of nitrogens with one attached hydrogen (secondary N) is 2. The first-order valence-electron chi connectivity index (χ1n) is 8.73. The number of Topliss-reactive ketones (excluding diaryl/α,β-unsaturated/α-hetero) is 1. The number of aryl methyl sites for hydroxylation is 2. The fourth-order valence-electron chi connectivity index (χ4n) is 3.30. The molecule has 0 spiro atoms. The van der Waals surface area contributed by atoms with Crippen molar-refractivity contribution < 1.29 is 14.4 Å². The number of fused-ring (bicyclic) bond motifs is 1. The van der Waals surface area contributed by atoms with Crippen molar-refractivity contribution in [2.75, 3.05) is 18.9 Å². The highest BCUT2D eigenvalue weighted by Gasteiger charge is 2.28. The van der Waals surface area contributed by atoms with Gasteiger partial charge in [0.05, 0.1) is 6.54 Å². The molecule has 1 aromatic heterocycles. The number of H-pyrrole nitrogens is 1. The maximum absolute atomic E-state index is 12.7. The molecule has 0 saturated carbocycles. The zero-order valence-electron chi connectivity index (χ0n) is 15.3. The van der Waals surface area contributed by atoms with Crippen molar-refractivity contribution in [3.05, 3.63) is 52.3 Å². The van der Waals surface area contributed by atoms with Crippen LogP contribution < -0.4 is 5.32 Å². The van der Waals surface area contributed by atoms with Gasteiger partial charge in [-0.15, -0.1) is 0 Å². The van der Waals surface area contributed by atoms with Crippen molar-refractivity contribution in [1.82, 2.24) is 9.88 Å². The van der Waals surface area contributed by atoms with E-state index in [1.807, 2.05) is 31.2 Å². The highest BCUT2D eigenvalue weighted by Crippen LogP contribution is 2.27. The molecular formula is C20H23N3O3. The quantitative estimate of drug-likeness (QED) is 0.887. The standard InChI is InChI=1S/C20H23N3O3/c1-12-7-9-14(10-8-12)21-17(25)11-23(3)20(26)19-13(2)18-15(22-19)5-4-6-16(18)24/h7-10,22H,4-6,11H2,1-3H3,(H,21,25). The lowest BCUT2D eigenvalue weighted by molar-refractivity contribution is -0.116. The van der Waals surface area contributed by atoms with Gasteiger partial charge in [0.2, 0.25) is 5.91 Å². The van der Waals surface area contributed by atoms with Crippen LogP contribution in [0.5, 0.6) is 0 Å². The van der Waals surface area contributed by atoms with Crippen molar-refractivity contribution in [2.24, 2.45) is 0 Å². The van der Waals surface area contributed by atoms with Crippen molar-refractivity contribution in [2.45, 2.75) is 33.1 Å². The Hall–Kier alpha value is -2.89. The molecule has 0 bridgehead atoms. The second-order valence-electron chi connectivity index (χ2n) is 6.83. The maximum Gasteiger partial charge on any atom is 0.270 e. The first-order valence-corrected chi connectivity index (χ1v) is 8.73. The zero-order chi connectivity index (χ0) is 18.8. The Morgan fingerprint density at radius 2 is 1.85 bits per heavy atom. The molecule has 6 nitrogen and oxygen atoms in total. The van der Waals surface area contributed by atoms with Crippen LogP contribution in [0.25, 0.3) is 0 Å². The fraction of sp³-hybridized carbons (Fsp3) is 0.350. The Morgan fingerprint density at radius 1 is 1.15 bits per heavy atom. The summed E-state index contributed by atoms with van der Waals surface area (Å²) in [5.41, 5.74) is 4.36. The van der Waals surface area contributed by atoms with E-state index in [1.165, 1.54) is 4.90 Å². The first-order chi connectivity index (χ1) is 12.4. The monoisotopic (exact) mass is 353 g/mol. The average molecular weight is 353 g/mol. The number of ketones is 1. The van der Waals surface area contributed by atoms with Crippen LogP contribution in [0, 0.1) is 13.8 Å². The van der Waals surface area contributed by atoms with Gasteiger partial charge in [0.25, 0.3) is 5.91 Å². The van der Waals surface area contributed by atoms with E-state index in [4.69, 9.17) is 0 Å². The van der Waals surface area contributed by atoms with Gasteiger partial charge in [0, 0.05) is 30.4 Å². The molecule has 1 aliphatic carbocycles. The number of hydrogen-bond acceptors (Lipinski definition) is 3. The van der Waals surface area contributed by atoms with Crippen LogP contribution in [0.2, 0.25) is 0 Å². The van der Waals surface area contributed by atoms with Gasteiger partial charge in [-0.25, -0.2) is 0 Å². The number of carbonyl (C=O) groups is 3. The van der Waals surface area contributed by atoms with E-state index in [-0.39, 0.29) is 24.1 Å². The fourth-order valence-corrected chi connectivity index (χ4v) is 3.30. The lowest BCUT2D eigenvalue weighted by Gasteiger charge is -2.16. The summed E-state index contributed by atoms with van der Waals surface area (Å²) in [5.74, 6) is -0.475. The number of hydrogen-bond donors (Lipinski definition) is 2. The van der Waals surface area contributed by atoms with Gasteiger partial charge < -0.3 is 15.2 Å². The third-order valence-corrected chi connectivity index (χ3v) is 4.71. The number of nitrogens with zero attached hydrogens (tertiary/aromatic N) is 1. The maximum atomic E-state index is 12.7. The molecule has 6 heteroatoms. The molecule has 2 aromatic rings. The van der Waals surface area contributed by atoms with Crippen molar-refractivity contribution in [3.63, 3.8) is 0 Å². The molecule has 1 aromatic carbocycles. The van der Waals surface area contributed by atoms with E-state index in [1.54, 1.807) is 14.0 Å². The summed E-state index contributed by atoms with van der Waals surface area (Å²) < 4.78 is 0. The van der Waals surface area contributed by atoms with Crippen LogP contribution in [-0.4, -0.2) is 41.1 Å². The third kappa shape index (κ3) is 3.54. The van der Waals surface area contributed by atoms with Gasteiger partial charge in [-0.1, -0.05) is 17.7 Å². The Bertz CT molecular complexity index is 865. The van der Waals surface area contributed by atoms with Gasteiger partial charge >= 0.3 is 0 Å². The Kier molecular flexibility index (Phi) is 4.93. The smallest absolute Gasteiger partial charge is 0.270 e. The average Bonchev–Trinajstić information content (AvgIpc) is 2.94. The summed E-state index contributed by atoms with van der Waals surface area (Å²) in [4.78, 5) is 41.5. The number of amides is 2. The number of benzene rings is 1. The van der Waals surface area contributed by atoms with E-state index >= 15 is 0 Å². The van der Waals surface area contributed by atoms with E-state index in [2.05, 4.69) is 10.3 Å². The number of aromatic amines is 1. The van der Waals surface area contributed by atoms with Crippen molar-refractivity contribution in [1.29, 1.82) is 0 Å². The van der Waals surface area contributed by atoms with Gasteiger partial charge in [0.1, 0.15) is 5.69 Å². The molecule has 0 aliphatic heterocycles. The highest BCUT2D eigenvalue weighted by molar-refractivity contribution is 6.05. The Morgan fingerprint density at radius 3 is 2.50 bits per heavy atom. The summed E-state index contributed by atoms with van der Waals surface area (Å²) in [6.07, 6.45) is 2.09. The molecule has 1 aliphatic rings. The molecule has 0 saturated heterocycles. The molecule has 1 heterocycles. The first kappa shape index (κ1) is 17.9. The second-order valence-corrected chi connectivity index (χ2v) is 6.83. The number of rotatable bonds is 4. The normalized spacial score (nSPS) is 13.3. The van der Waals surface area contributed by atoms with E-state index in [9.17, 15) is 14.4 Å². The molecule has 0 atom stereocenters. The van der Waals surface area contributed by atoms with E-state index in [0.717, 1.165) is 24.1 Å². The van der Waals surface area contributed by atoms with Crippen LogP contribution >= 0.6 is 0 Å². The SMILES string of the molecule is Cc1ccc(NC(=O)CN(C)C(=O)c2[nH]c3c(c2C)C(=O)CCC3)cc1. The minimum Gasteiger partial charge on any atom is -0.354 e. The lowest BCUT2D eigenvalue weighted by atomic mass is 9.94. The molecule has 2 N–H and O–H groups in total. The largest absolute Gasteiger partial charge is 0.354 e. The van der Waals surface area contributed by atoms with Crippen molar-refractivity contribution in [3.8, 4) is 0 Å². The number of likely N-dealkylation sites (N-methyl/N-ethyl adjacent to an activating group) is 1. The molecule has 0 unspecified atom stereocenters. The number of aromatic nitrogens is 1. The molecule has 26 heavy (non-hydrogen) atoms. The van der Waals surface area contributed by atoms with Crippen LogP contribution in [0.4, 0.5) is 5.69 Å². The van der Waals surface area contributed by atoms with Gasteiger partial charge in [0.15, 0.2) is 5.78 Å². The Labute approximate surface area is 152 Å². The molecule has 3 rings (SSSR count). The van der Waals surface area contributed by atoms with E-state index in [0.29, 0.717) is 28.9 Å². The van der Waals surface area contributed by atoms with Crippen LogP contribution in [0.1, 0.15) is 50.5 Å². The summed E-state index contributed by atoms with van der Waals surface area (Å²) in [7, 11) is 1.58. The predicted molar refractivity (Wildman–Crippen MR) is 99.6 cm³/mol. The molecule has 0 fully saturated rings. The number of carbonyl (C=O) groups excluding carboxylic acids is 3. The van der Waals surface area contributed by atoms with Crippen molar-refractivity contribution >= 4 is 23.3 Å². The van der Waals surface area contributed by atoms with Crippen LogP contribution in [-0.2, 0) is 11.2 Å². The molecular weight excluding hydrogens is 330 g/mol. The Balaban J connectivity index is 1.69. The van der Waals surface area contributed by atoms with Crippen LogP contribution in [0.3, 0.4) is 0 Å². The summed E-state index contributed by atoms with van der Waals surface area (Å²) in [6, 6.07) is 7.47. The molecule has 0 radical (unpaired) electrons.